The maximum atomic E-state index is 14.6. The van der Waals surface area contributed by atoms with Gasteiger partial charge in [-0.3, -0.25) is 4.79 Å². The van der Waals surface area contributed by atoms with Gasteiger partial charge in [0.2, 0.25) is 0 Å². The van der Waals surface area contributed by atoms with Crippen LogP contribution in [0.15, 0.2) is 30.3 Å². The molecule has 5 rings (SSSR count). The zero-order chi connectivity index (χ0) is 30.0. The van der Waals surface area contributed by atoms with Crippen molar-refractivity contribution in [3.8, 4) is 0 Å². The van der Waals surface area contributed by atoms with Gasteiger partial charge in [0.25, 0.3) is 0 Å². The molecule has 0 amide bonds. The number of fused-ring (bicyclic) bond motifs is 5. The zero-order valence-corrected chi connectivity index (χ0v) is 26.9. The Morgan fingerprint density at radius 1 is 0.976 bits per heavy atom. The lowest BCUT2D eigenvalue weighted by Gasteiger charge is -2.63. The van der Waals surface area contributed by atoms with Crippen molar-refractivity contribution in [2.45, 2.75) is 123 Å². The number of carbonyl (C=O) groups excluding carboxylic acids is 1. The molecule has 0 aliphatic heterocycles. The molecule has 0 heterocycles. The molecule has 230 valence electrons. The standard InChI is InChI=1S/C34H51F3O3Si/c1-22(29(38)20-30(39)23-10-8-7-9-11-23)26-14-15-27-25-13-12-24-21-33(34(35,36)37,40-41(4,5)6)19-18-31(24,2)28(25)16-17-32(26,27)3/h7-11,22,24-28,30,39H,12-21H2,1-6H3/t22-,24-,25-,26+,27-,28-,30?,31-,32+,33?/m0/s1. The van der Waals surface area contributed by atoms with Crippen molar-refractivity contribution in [1.82, 2.24) is 0 Å². The third kappa shape index (κ3) is 5.50. The number of Topliss-reactive ketones (excluding diaryl/α,β-unsaturated/α-hetero) is 1. The topological polar surface area (TPSA) is 46.5 Å². The van der Waals surface area contributed by atoms with E-state index >= 15 is 0 Å². The summed E-state index contributed by atoms with van der Waals surface area (Å²) in [6.45, 7) is 12.4. The fourth-order valence-electron chi connectivity index (χ4n) is 10.5. The van der Waals surface area contributed by atoms with Crippen LogP contribution in [0.1, 0.15) is 96.6 Å². The van der Waals surface area contributed by atoms with Gasteiger partial charge in [0.05, 0.1) is 6.10 Å². The first-order valence-electron chi connectivity index (χ1n) is 16.0. The summed E-state index contributed by atoms with van der Waals surface area (Å²) in [5.41, 5.74) is -1.22. The summed E-state index contributed by atoms with van der Waals surface area (Å²) in [7, 11) is -2.39. The summed E-state index contributed by atoms with van der Waals surface area (Å²) in [5, 5.41) is 10.7. The van der Waals surface area contributed by atoms with E-state index < -0.39 is 26.2 Å². The van der Waals surface area contributed by atoms with Crippen LogP contribution in [0.4, 0.5) is 13.2 Å². The molecule has 2 unspecified atom stereocenters. The first kappa shape index (κ1) is 31.2. The van der Waals surface area contributed by atoms with E-state index in [1.165, 1.54) is 0 Å². The molecule has 4 aliphatic carbocycles. The quantitative estimate of drug-likeness (QED) is 0.321. The van der Waals surface area contributed by atoms with Crippen LogP contribution in [0.25, 0.3) is 0 Å². The molecule has 0 bridgehead atoms. The lowest BCUT2D eigenvalue weighted by atomic mass is 9.43. The largest absolute Gasteiger partial charge is 0.416 e. The van der Waals surface area contributed by atoms with Crippen molar-refractivity contribution in [1.29, 1.82) is 0 Å². The van der Waals surface area contributed by atoms with E-state index in [1.54, 1.807) is 0 Å². The minimum atomic E-state index is -4.34. The molecule has 10 atom stereocenters. The minimum Gasteiger partial charge on any atom is -0.404 e. The second-order valence-corrected chi connectivity index (χ2v) is 20.1. The Bertz CT molecular complexity index is 1100. The molecule has 0 saturated heterocycles. The molecule has 0 radical (unpaired) electrons. The van der Waals surface area contributed by atoms with E-state index in [4.69, 9.17) is 4.43 Å². The van der Waals surface area contributed by atoms with Crippen LogP contribution >= 0.6 is 0 Å². The molecule has 1 aromatic carbocycles. The second-order valence-electron chi connectivity index (χ2n) is 15.7. The van der Waals surface area contributed by atoms with Gasteiger partial charge in [-0.25, -0.2) is 0 Å². The number of aliphatic hydroxyl groups excluding tert-OH is 1. The zero-order valence-electron chi connectivity index (χ0n) is 25.9. The molecule has 0 spiro atoms. The summed E-state index contributed by atoms with van der Waals surface area (Å²) in [6.07, 6.45) is 1.87. The SMILES string of the molecule is C[C@H](C(=O)CC(O)c1ccccc1)[C@H]1CC[C@H]2[C@@H]3CC[C@H]4CC(O[Si](C)(C)C)(C(F)(F)F)CC[C@]4(C)[C@H]3CC[C@]12C. The van der Waals surface area contributed by atoms with E-state index in [2.05, 4.69) is 20.8 Å². The third-order valence-electron chi connectivity index (χ3n) is 12.5. The fourth-order valence-corrected chi connectivity index (χ4v) is 12.0. The van der Waals surface area contributed by atoms with Crippen molar-refractivity contribution in [3.63, 3.8) is 0 Å². The van der Waals surface area contributed by atoms with Crippen molar-refractivity contribution >= 4 is 14.1 Å². The number of hydrogen-bond donors (Lipinski definition) is 1. The molecule has 1 N–H and O–H groups in total. The van der Waals surface area contributed by atoms with Gasteiger partial charge in [-0.2, -0.15) is 13.2 Å². The summed E-state index contributed by atoms with van der Waals surface area (Å²) in [5.74, 6) is 1.86. The van der Waals surface area contributed by atoms with Crippen molar-refractivity contribution in [2.24, 2.45) is 46.3 Å². The summed E-state index contributed by atoms with van der Waals surface area (Å²) in [6, 6.07) is 9.42. The number of hydrogen-bond acceptors (Lipinski definition) is 3. The van der Waals surface area contributed by atoms with Crippen molar-refractivity contribution < 1.29 is 27.5 Å². The number of aliphatic hydroxyl groups is 1. The molecule has 0 aromatic heterocycles. The van der Waals surface area contributed by atoms with Crippen LogP contribution < -0.4 is 0 Å². The van der Waals surface area contributed by atoms with Gasteiger partial charge in [-0.15, -0.1) is 0 Å². The second kappa shape index (κ2) is 10.8. The van der Waals surface area contributed by atoms with E-state index in [-0.39, 0.29) is 47.7 Å². The van der Waals surface area contributed by atoms with Gasteiger partial charge in [-0.05, 0) is 123 Å². The highest BCUT2D eigenvalue weighted by Crippen LogP contribution is 2.69. The van der Waals surface area contributed by atoms with Gasteiger partial charge in [0, 0.05) is 12.3 Å². The van der Waals surface area contributed by atoms with Gasteiger partial charge >= 0.3 is 6.18 Å². The number of halogens is 3. The van der Waals surface area contributed by atoms with Crippen LogP contribution in [0.2, 0.25) is 19.6 Å². The molecular weight excluding hydrogens is 541 g/mol. The lowest BCUT2D eigenvalue weighted by molar-refractivity contribution is -0.282. The van der Waals surface area contributed by atoms with Crippen molar-refractivity contribution in [2.75, 3.05) is 0 Å². The molecule has 4 saturated carbocycles. The Morgan fingerprint density at radius 3 is 2.27 bits per heavy atom. The van der Waals surface area contributed by atoms with Crippen LogP contribution in [0.5, 0.6) is 0 Å². The van der Waals surface area contributed by atoms with Gasteiger partial charge in [-0.1, -0.05) is 51.1 Å². The predicted molar refractivity (Wildman–Crippen MR) is 159 cm³/mol. The number of rotatable bonds is 7. The van der Waals surface area contributed by atoms with Crippen LogP contribution in [-0.4, -0.2) is 31.0 Å². The first-order chi connectivity index (χ1) is 19.0. The van der Waals surface area contributed by atoms with Gasteiger partial charge < -0.3 is 9.53 Å². The third-order valence-corrected chi connectivity index (χ3v) is 13.5. The van der Waals surface area contributed by atoms with E-state index in [0.717, 1.165) is 44.1 Å². The molecule has 4 fully saturated rings. The molecule has 7 heteroatoms. The molecule has 4 aliphatic rings. The van der Waals surface area contributed by atoms with Crippen LogP contribution in [0.3, 0.4) is 0 Å². The highest BCUT2D eigenvalue weighted by Gasteiger charge is 2.66. The number of alkyl halides is 3. The first-order valence-corrected chi connectivity index (χ1v) is 19.4. The monoisotopic (exact) mass is 592 g/mol. The molecule has 1 aromatic rings. The highest BCUT2D eigenvalue weighted by molar-refractivity contribution is 6.69. The average Bonchev–Trinajstić information content (AvgIpc) is 3.24. The highest BCUT2D eigenvalue weighted by atomic mass is 28.4. The van der Waals surface area contributed by atoms with Gasteiger partial charge in [0.1, 0.15) is 5.78 Å². The normalized spacial score (nSPS) is 40.7. The summed E-state index contributed by atoms with van der Waals surface area (Å²) < 4.78 is 49.8. The number of carbonyl (C=O) groups is 1. The minimum absolute atomic E-state index is 0.0389. The van der Waals surface area contributed by atoms with E-state index in [1.807, 2.05) is 50.0 Å². The van der Waals surface area contributed by atoms with Crippen LogP contribution in [-0.2, 0) is 9.22 Å². The summed E-state index contributed by atoms with van der Waals surface area (Å²) >= 11 is 0. The van der Waals surface area contributed by atoms with Crippen molar-refractivity contribution in [3.05, 3.63) is 35.9 Å². The maximum Gasteiger partial charge on any atom is 0.416 e. The number of benzene rings is 1. The molecule has 41 heavy (non-hydrogen) atoms. The Morgan fingerprint density at radius 2 is 1.63 bits per heavy atom. The van der Waals surface area contributed by atoms with Crippen LogP contribution in [0, 0.1) is 46.3 Å². The smallest absolute Gasteiger partial charge is 0.404 e. The Balaban J connectivity index is 1.30. The molecule has 3 nitrogen and oxygen atoms in total. The summed E-state index contributed by atoms with van der Waals surface area (Å²) in [4.78, 5) is 13.4. The Labute approximate surface area is 246 Å². The maximum absolute atomic E-state index is 14.6. The lowest BCUT2D eigenvalue weighted by Crippen LogP contribution is -2.61. The fraction of sp³-hybridized carbons (Fsp3) is 0.794. The Kier molecular flexibility index (Phi) is 8.20. The average molecular weight is 593 g/mol. The Hall–Kier alpha value is -1.18. The van der Waals surface area contributed by atoms with E-state index in [0.29, 0.717) is 30.1 Å². The molecular formula is C34H51F3O3Si. The van der Waals surface area contributed by atoms with Gasteiger partial charge in [0.15, 0.2) is 13.9 Å². The predicted octanol–water partition coefficient (Wildman–Crippen LogP) is 9.13. The number of ketones is 1. The van der Waals surface area contributed by atoms with E-state index in [9.17, 15) is 23.1 Å².